The van der Waals surface area contributed by atoms with Crippen LogP contribution in [0.2, 0.25) is 0 Å². The summed E-state index contributed by atoms with van der Waals surface area (Å²) in [7, 11) is 1.56. The first-order valence-electron chi connectivity index (χ1n) is 12.8. The fourth-order valence-electron chi connectivity index (χ4n) is 4.69. The van der Waals surface area contributed by atoms with Crippen LogP contribution in [0.25, 0.3) is 0 Å². The summed E-state index contributed by atoms with van der Waals surface area (Å²) in [5, 5.41) is 2.66. The molecule has 0 saturated carbocycles. The second kappa shape index (κ2) is 12.5. The van der Waals surface area contributed by atoms with E-state index in [1.54, 1.807) is 7.11 Å². The number of rotatable bonds is 9. The van der Waals surface area contributed by atoms with E-state index in [4.69, 9.17) is 23.9 Å². The molecule has 9 nitrogen and oxygen atoms in total. The summed E-state index contributed by atoms with van der Waals surface area (Å²) in [5.74, 6) is 0.887. The molecule has 2 aromatic rings. The number of fused-ring (bicyclic) bond motifs is 1. The van der Waals surface area contributed by atoms with Gasteiger partial charge in [-0.15, -0.1) is 0 Å². The molecule has 1 amide bonds. The number of para-hydroxylation sites is 1. The number of thioether (sulfide) groups is 1. The fraction of sp³-hybridized carbons (Fsp3) is 0.345. The Balaban J connectivity index is 1.48. The van der Waals surface area contributed by atoms with Crippen molar-refractivity contribution in [2.24, 2.45) is 4.99 Å². The highest BCUT2D eigenvalue weighted by molar-refractivity contribution is 8.16. The van der Waals surface area contributed by atoms with E-state index in [1.807, 2.05) is 76.7 Å². The summed E-state index contributed by atoms with van der Waals surface area (Å²) >= 11 is 1.45. The van der Waals surface area contributed by atoms with Crippen LogP contribution in [0.1, 0.15) is 24.9 Å². The lowest BCUT2D eigenvalue weighted by Crippen LogP contribution is -2.42. The molecule has 204 valence electrons. The van der Waals surface area contributed by atoms with Gasteiger partial charge >= 0.3 is 5.97 Å². The van der Waals surface area contributed by atoms with Gasteiger partial charge in [-0.2, -0.15) is 0 Å². The molecule has 1 atom stereocenters. The zero-order valence-electron chi connectivity index (χ0n) is 22.0. The van der Waals surface area contributed by atoms with Crippen LogP contribution < -0.4 is 4.74 Å². The van der Waals surface area contributed by atoms with Crippen molar-refractivity contribution in [2.45, 2.75) is 19.4 Å². The van der Waals surface area contributed by atoms with Gasteiger partial charge < -0.3 is 28.7 Å². The van der Waals surface area contributed by atoms with Crippen molar-refractivity contribution in [1.29, 1.82) is 0 Å². The topological polar surface area (TPSA) is 89.9 Å². The number of amidine groups is 1. The fourth-order valence-corrected chi connectivity index (χ4v) is 5.66. The Bertz CT molecular complexity index is 1300. The van der Waals surface area contributed by atoms with Crippen molar-refractivity contribution in [3.05, 3.63) is 82.5 Å². The molecule has 0 unspecified atom stereocenters. The Morgan fingerprint density at radius 3 is 2.59 bits per heavy atom. The summed E-state index contributed by atoms with van der Waals surface area (Å²) in [6, 6.07) is 16.6. The van der Waals surface area contributed by atoms with Crippen LogP contribution in [0.5, 0.6) is 11.5 Å². The zero-order valence-corrected chi connectivity index (χ0v) is 22.8. The van der Waals surface area contributed by atoms with Gasteiger partial charge in [-0.3, -0.25) is 4.79 Å². The van der Waals surface area contributed by atoms with E-state index in [2.05, 4.69) is 0 Å². The minimum Gasteiger partial charge on any atom is -0.460 e. The molecule has 5 rings (SSSR count). The van der Waals surface area contributed by atoms with Crippen LogP contribution in [0, 0.1) is 0 Å². The normalized spacial score (nSPS) is 18.9. The van der Waals surface area contributed by atoms with Gasteiger partial charge in [0, 0.05) is 25.9 Å². The average molecular weight is 550 g/mol. The number of hydrogen-bond acceptors (Lipinski definition) is 9. The first kappa shape index (κ1) is 27.0. The van der Waals surface area contributed by atoms with Crippen LogP contribution in [-0.4, -0.2) is 73.5 Å². The van der Waals surface area contributed by atoms with E-state index in [0.717, 1.165) is 11.3 Å². The minimum absolute atomic E-state index is 0.0156. The van der Waals surface area contributed by atoms with Gasteiger partial charge in [0.05, 0.1) is 43.6 Å². The van der Waals surface area contributed by atoms with Crippen LogP contribution in [-0.2, 0) is 23.8 Å². The molecule has 3 aliphatic heterocycles. The van der Waals surface area contributed by atoms with Crippen molar-refractivity contribution in [3.8, 4) is 11.5 Å². The molecule has 1 saturated heterocycles. The van der Waals surface area contributed by atoms with E-state index >= 15 is 0 Å². The number of benzene rings is 2. The lowest BCUT2D eigenvalue weighted by atomic mass is 9.93. The molecule has 0 N–H and O–H groups in total. The molecular weight excluding hydrogens is 518 g/mol. The summed E-state index contributed by atoms with van der Waals surface area (Å²) in [6.45, 7) is 4.43. The number of nitrogens with zero attached hydrogens (tertiary/aromatic N) is 3. The number of allylic oxidation sites excluding steroid dienone is 1. The van der Waals surface area contributed by atoms with E-state index in [0.29, 0.717) is 54.2 Å². The third kappa shape index (κ3) is 6.19. The molecule has 3 aliphatic rings. The van der Waals surface area contributed by atoms with Gasteiger partial charge in [0.25, 0.3) is 0 Å². The van der Waals surface area contributed by atoms with E-state index in [9.17, 15) is 9.59 Å². The number of methoxy groups -OCH3 is 1. The Morgan fingerprint density at radius 1 is 1.05 bits per heavy atom. The van der Waals surface area contributed by atoms with Crippen LogP contribution in [0.3, 0.4) is 0 Å². The standard InChI is InChI=1S/C29H31N3O6S/c1-20-26(28(34)37-16-15-35-2)27(21-7-6-10-24(17-21)38-23-8-4-3-5-9-23)32-22(19-39-29(32)30-20)18-25(33)31-11-13-36-14-12-31/h3-10,17,19,27H,11-16,18H2,1-2H3/t27-/m1/s1. The van der Waals surface area contributed by atoms with Crippen molar-refractivity contribution >= 4 is 28.8 Å². The summed E-state index contributed by atoms with van der Waals surface area (Å²) in [4.78, 5) is 35.2. The van der Waals surface area contributed by atoms with Gasteiger partial charge in [0.1, 0.15) is 18.1 Å². The highest BCUT2D eigenvalue weighted by Gasteiger charge is 2.41. The molecule has 3 heterocycles. The van der Waals surface area contributed by atoms with Gasteiger partial charge in [-0.05, 0) is 42.2 Å². The van der Waals surface area contributed by atoms with E-state index < -0.39 is 12.0 Å². The maximum atomic E-state index is 13.4. The first-order valence-corrected chi connectivity index (χ1v) is 13.7. The van der Waals surface area contributed by atoms with E-state index in [1.165, 1.54) is 11.8 Å². The summed E-state index contributed by atoms with van der Waals surface area (Å²) < 4.78 is 22.1. The Hall–Kier alpha value is -3.60. The van der Waals surface area contributed by atoms with Crippen LogP contribution >= 0.6 is 11.8 Å². The zero-order chi connectivity index (χ0) is 27.2. The summed E-state index contributed by atoms with van der Waals surface area (Å²) in [5.41, 5.74) is 2.59. The summed E-state index contributed by atoms with van der Waals surface area (Å²) in [6.07, 6.45) is 0.188. The number of amides is 1. The number of hydrogen-bond donors (Lipinski definition) is 0. The minimum atomic E-state index is -0.550. The highest BCUT2D eigenvalue weighted by Crippen LogP contribution is 2.45. The van der Waals surface area contributed by atoms with Crippen molar-refractivity contribution in [2.75, 3.05) is 46.6 Å². The second-order valence-electron chi connectivity index (χ2n) is 9.18. The molecule has 0 spiro atoms. The largest absolute Gasteiger partial charge is 0.460 e. The Morgan fingerprint density at radius 2 is 1.82 bits per heavy atom. The third-order valence-electron chi connectivity index (χ3n) is 6.59. The lowest BCUT2D eigenvalue weighted by Gasteiger charge is -2.37. The number of morpholine rings is 1. The molecule has 1 fully saturated rings. The molecule has 0 bridgehead atoms. The predicted octanol–water partition coefficient (Wildman–Crippen LogP) is 4.49. The number of aliphatic imine (C=N–C) groups is 1. The molecular formula is C29H31N3O6S. The molecule has 39 heavy (non-hydrogen) atoms. The molecule has 0 aliphatic carbocycles. The number of esters is 1. The van der Waals surface area contributed by atoms with Crippen molar-refractivity contribution in [1.82, 2.24) is 9.80 Å². The quantitative estimate of drug-likeness (QED) is 0.334. The SMILES string of the molecule is COCCOC(=O)C1=C(C)N=C2SC=C(CC(=O)N3CCOCC3)N2[C@@H]1c1cccc(Oc2ccccc2)c1. The Kier molecular flexibility index (Phi) is 8.65. The van der Waals surface area contributed by atoms with Crippen LogP contribution in [0.4, 0.5) is 0 Å². The van der Waals surface area contributed by atoms with E-state index in [-0.39, 0.29) is 25.5 Å². The van der Waals surface area contributed by atoms with Gasteiger partial charge in [0.15, 0.2) is 5.17 Å². The van der Waals surface area contributed by atoms with Crippen molar-refractivity contribution < 1.29 is 28.5 Å². The maximum Gasteiger partial charge on any atom is 0.338 e. The predicted molar refractivity (Wildman–Crippen MR) is 148 cm³/mol. The first-order chi connectivity index (χ1) is 19.0. The maximum absolute atomic E-state index is 13.4. The van der Waals surface area contributed by atoms with Gasteiger partial charge in [0.2, 0.25) is 5.91 Å². The third-order valence-corrected chi connectivity index (χ3v) is 7.48. The molecule has 0 aromatic heterocycles. The number of ether oxygens (including phenoxy) is 4. The number of carbonyl (C=O) groups is 2. The van der Waals surface area contributed by atoms with Gasteiger partial charge in [-0.25, -0.2) is 9.79 Å². The van der Waals surface area contributed by atoms with Gasteiger partial charge in [-0.1, -0.05) is 42.1 Å². The smallest absolute Gasteiger partial charge is 0.338 e. The average Bonchev–Trinajstić information content (AvgIpc) is 3.35. The highest BCUT2D eigenvalue weighted by atomic mass is 32.2. The van der Waals surface area contributed by atoms with Crippen molar-refractivity contribution in [3.63, 3.8) is 0 Å². The Labute approximate surface area is 232 Å². The monoisotopic (exact) mass is 549 g/mol. The van der Waals surface area contributed by atoms with Crippen LogP contribution in [0.15, 0.2) is 82.0 Å². The molecule has 2 aromatic carbocycles. The number of carbonyl (C=O) groups excluding carboxylic acids is 2. The molecule has 0 radical (unpaired) electrons. The second-order valence-corrected chi connectivity index (χ2v) is 10.0. The lowest BCUT2D eigenvalue weighted by molar-refractivity contribution is -0.141. The molecule has 10 heteroatoms.